The number of hydrogen-bond donors (Lipinski definition) is 1. The number of nitrogens with one attached hydrogen (secondary N) is 1. The van der Waals surface area contributed by atoms with Crippen LogP contribution in [0.1, 0.15) is 15.9 Å². The van der Waals surface area contributed by atoms with Crippen molar-refractivity contribution in [2.45, 2.75) is 12.5 Å². The Balaban J connectivity index is 0.00000274. The molecule has 2 aromatic rings. The Hall–Kier alpha value is -3.34. The van der Waals surface area contributed by atoms with Crippen LogP contribution in [0.2, 0.25) is 0 Å². The summed E-state index contributed by atoms with van der Waals surface area (Å²) in [5.41, 5.74) is 4.44. The molecular formula is C27H22N3O3W-. The molecule has 0 radical (unpaired) electrons. The molecule has 1 aromatic heterocycles. The first-order chi connectivity index (χ1) is 15.9. The van der Waals surface area contributed by atoms with Crippen molar-refractivity contribution in [1.29, 1.82) is 0 Å². The predicted octanol–water partition coefficient (Wildman–Crippen LogP) is 1.02. The minimum Gasteiger partial charge on any atom is -0.545 e. The summed E-state index contributed by atoms with van der Waals surface area (Å²) in [4.78, 5) is 30.3. The third-order valence-electron chi connectivity index (χ3n) is 6.11. The van der Waals surface area contributed by atoms with Gasteiger partial charge in [0.1, 0.15) is 6.04 Å². The van der Waals surface area contributed by atoms with Crippen molar-refractivity contribution in [1.82, 2.24) is 4.57 Å². The molecule has 2 heterocycles. The van der Waals surface area contributed by atoms with Crippen molar-refractivity contribution in [2.75, 3.05) is 14.1 Å². The van der Waals surface area contributed by atoms with Crippen LogP contribution in [0.3, 0.4) is 0 Å². The van der Waals surface area contributed by atoms with Gasteiger partial charge in [-0.1, -0.05) is 24.3 Å². The molecule has 6 nitrogen and oxygen atoms in total. The maximum absolute atomic E-state index is 12.8. The minimum atomic E-state index is -1.36. The molecule has 2 aliphatic carbocycles. The zero-order valence-electron chi connectivity index (χ0n) is 18.7. The number of nitrogens with zero attached hydrogens (tertiary/aromatic N) is 2. The van der Waals surface area contributed by atoms with Crippen LogP contribution < -0.4 is 15.6 Å². The van der Waals surface area contributed by atoms with Gasteiger partial charge in [-0.25, -0.2) is 0 Å². The smallest absolute Gasteiger partial charge is 0.244 e. The fraction of sp³-hybridized carbons (Fsp3) is 0.148. The number of carbonyl (C=O) groups is 1. The van der Waals surface area contributed by atoms with Gasteiger partial charge in [0.25, 0.3) is 0 Å². The van der Waals surface area contributed by atoms with Gasteiger partial charge in [0.15, 0.2) is 0 Å². The van der Waals surface area contributed by atoms with Gasteiger partial charge in [0.05, 0.1) is 25.8 Å². The largest absolute Gasteiger partial charge is 0.545 e. The second-order valence-electron chi connectivity index (χ2n) is 8.49. The van der Waals surface area contributed by atoms with E-state index >= 15 is 0 Å². The first-order valence-corrected chi connectivity index (χ1v) is 10.8. The van der Waals surface area contributed by atoms with Gasteiger partial charge in [-0.05, 0) is 53.0 Å². The van der Waals surface area contributed by atoms with Crippen LogP contribution in [0.5, 0.6) is 0 Å². The molecule has 0 bridgehead atoms. The second kappa shape index (κ2) is 9.49. The monoisotopic (exact) mass is 620 g/mol. The summed E-state index contributed by atoms with van der Waals surface area (Å²) < 4.78 is 1.59. The van der Waals surface area contributed by atoms with E-state index in [9.17, 15) is 14.7 Å². The first-order valence-electron chi connectivity index (χ1n) is 10.8. The molecule has 0 atom stereocenters. The Kier molecular flexibility index (Phi) is 6.65. The van der Waals surface area contributed by atoms with E-state index in [2.05, 4.69) is 49.5 Å². The summed E-state index contributed by atoms with van der Waals surface area (Å²) in [6.07, 6.45) is 18.5. The van der Waals surface area contributed by atoms with E-state index in [0.717, 1.165) is 34.2 Å². The number of carboxylic acid groups (broad SMARTS) is 1. The average Bonchev–Trinajstić information content (AvgIpc) is 3.21. The number of carboxylic acids is 1. The molecule has 0 spiro atoms. The van der Waals surface area contributed by atoms with Crippen molar-refractivity contribution in [3.05, 3.63) is 112 Å². The van der Waals surface area contributed by atoms with Crippen LogP contribution in [0.25, 0.3) is 16.6 Å². The zero-order valence-corrected chi connectivity index (χ0v) is 21.7. The topological polar surface area (TPSA) is 78.9 Å². The molecular weight excluding hydrogens is 598 g/mol. The number of aromatic nitrogens is 1. The Morgan fingerprint density at radius 1 is 1.18 bits per heavy atom. The fourth-order valence-corrected chi connectivity index (χ4v) is 4.34. The fourth-order valence-electron chi connectivity index (χ4n) is 4.34. The van der Waals surface area contributed by atoms with Crippen molar-refractivity contribution in [3.8, 4) is 0 Å². The SMILES string of the molecule is C[NH+](C)C1C=CC(=CN=C2C=CC(=C3Cc4[c-]ccc5c(C(=O)[O-])cc(=O)n3c45)C=C2)C=C1.[W]. The normalized spacial score (nSPS) is 18.1. The molecule has 0 amide bonds. The number of aromatic carboxylic acids is 1. The van der Waals surface area contributed by atoms with Gasteiger partial charge in [-0.3, -0.25) is 9.79 Å². The van der Waals surface area contributed by atoms with Crippen LogP contribution in [-0.2, 0) is 27.5 Å². The van der Waals surface area contributed by atoms with E-state index in [1.54, 1.807) is 16.7 Å². The van der Waals surface area contributed by atoms with Gasteiger partial charge in [-0.15, -0.1) is 10.9 Å². The number of likely N-dealkylation sites (N-methyl/N-ethyl adjacent to an activating group) is 1. The molecule has 0 saturated heterocycles. The van der Waals surface area contributed by atoms with Crippen molar-refractivity contribution < 1.29 is 35.9 Å². The van der Waals surface area contributed by atoms with Crippen LogP contribution >= 0.6 is 0 Å². The molecule has 1 aromatic carbocycles. The number of allylic oxidation sites excluding steroid dienone is 9. The third-order valence-corrected chi connectivity index (χ3v) is 6.11. The maximum Gasteiger partial charge on any atom is 0.244 e. The number of quaternary nitrogens is 1. The predicted molar refractivity (Wildman–Crippen MR) is 127 cm³/mol. The van der Waals surface area contributed by atoms with E-state index < -0.39 is 5.97 Å². The Labute approximate surface area is 211 Å². The molecule has 1 N–H and O–H groups in total. The van der Waals surface area contributed by atoms with Gasteiger partial charge >= 0.3 is 0 Å². The second-order valence-corrected chi connectivity index (χ2v) is 8.49. The number of benzene rings is 1. The molecule has 3 aliphatic rings. The number of hydrogen-bond acceptors (Lipinski definition) is 4. The number of pyridine rings is 1. The molecule has 5 rings (SSSR count). The molecule has 0 unspecified atom stereocenters. The first kappa shape index (κ1) is 23.8. The standard InChI is InChI=1S/C27H22N3O3.W/c1-29(2)21-12-6-17(7-13-21)16-28-20-10-8-18(9-11-20)24-14-19-4-3-5-22-23(27(32)33)15-25(31)30(24)26(19)22;/h3,5-13,15-16,21H,14H2,1-2H3,(H,32,33);/q-1;. The Morgan fingerprint density at radius 2 is 1.88 bits per heavy atom. The summed E-state index contributed by atoms with van der Waals surface area (Å²) in [7, 11) is 4.24. The van der Waals surface area contributed by atoms with Gasteiger partial charge in [0, 0.05) is 39.0 Å². The Bertz CT molecular complexity index is 1430. The summed E-state index contributed by atoms with van der Waals surface area (Å²) >= 11 is 0. The molecule has 0 fully saturated rings. The van der Waals surface area contributed by atoms with E-state index in [4.69, 9.17) is 0 Å². The quantitative estimate of drug-likeness (QED) is 0.521. The maximum atomic E-state index is 12.8. The van der Waals surface area contributed by atoms with Crippen molar-refractivity contribution in [3.63, 3.8) is 0 Å². The Morgan fingerprint density at radius 3 is 2.53 bits per heavy atom. The summed E-state index contributed by atoms with van der Waals surface area (Å²) in [6.45, 7) is 0. The summed E-state index contributed by atoms with van der Waals surface area (Å²) in [5, 5.41) is 12.0. The van der Waals surface area contributed by atoms with Crippen molar-refractivity contribution in [2.24, 2.45) is 4.99 Å². The van der Waals surface area contributed by atoms with Gasteiger partial charge < -0.3 is 19.4 Å². The van der Waals surface area contributed by atoms with Gasteiger partial charge in [0.2, 0.25) is 5.56 Å². The minimum absolute atomic E-state index is 0. The van der Waals surface area contributed by atoms with Crippen LogP contribution in [-0.4, -0.2) is 36.4 Å². The zero-order chi connectivity index (χ0) is 23.1. The summed E-state index contributed by atoms with van der Waals surface area (Å²) in [6, 6.07) is 8.01. The van der Waals surface area contributed by atoms with E-state index in [1.165, 1.54) is 4.90 Å². The third kappa shape index (κ3) is 4.27. The molecule has 0 saturated carbocycles. The molecule has 7 heteroatoms. The molecule has 1 aliphatic heterocycles. The van der Waals surface area contributed by atoms with E-state index in [-0.39, 0.29) is 32.2 Å². The van der Waals surface area contributed by atoms with Crippen molar-refractivity contribution >= 4 is 28.3 Å². The van der Waals surface area contributed by atoms with E-state index in [1.807, 2.05) is 30.5 Å². The van der Waals surface area contributed by atoms with Crippen LogP contribution in [0, 0.1) is 6.07 Å². The number of carbonyl (C=O) groups excluding carboxylic acids is 1. The molecule has 170 valence electrons. The number of rotatable bonds is 3. The number of aliphatic imine (C=N–C) groups is 1. The van der Waals surface area contributed by atoms with Gasteiger partial charge in [-0.2, -0.15) is 18.2 Å². The molecule has 34 heavy (non-hydrogen) atoms. The summed E-state index contributed by atoms with van der Waals surface area (Å²) in [5.74, 6) is -1.36. The van der Waals surface area contributed by atoms with Crippen LogP contribution in [0.15, 0.2) is 93.9 Å². The average molecular weight is 620 g/mol. The van der Waals surface area contributed by atoms with Crippen LogP contribution in [0.4, 0.5) is 0 Å². The van der Waals surface area contributed by atoms with E-state index in [0.29, 0.717) is 23.4 Å².